The van der Waals surface area contributed by atoms with Crippen LogP contribution >= 0.6 is 11.6 Å². The van der Waals surface area contributed by atoms with Gasteiger partial charge >= 0.3 is 0 Å². The van der Waals surface area contributed by atoms with Crippen LogP contribution in [0.1, 0.15) is 30.4 Å². The number of halogens is 1. The number of hydrogen-bond acceptors (Lipinski definition) is 3. The van der Waals surface area contributed by atoms with Crippen LogP contribution in [0.5, 0.6) is 11.5 Å². The number of carbonyl (C=O) groups is 1. The second-order valence-electron chi connectivity index (χ2n) is 6.36. The van der Waals surface area contributed by atoms with Crippen LogP contribution in [0.2, 0.25) is 5.02 Å². The molecule has 0 aliphatic heterocycles. The molecule has 0 unspecified atom stereocenters. The topological polar surface area (TPSA) is 47.6 Å². The van der Waals surface area contributed by atoms with Crippen molar-refractivity contribution in [3.63, 3.8) is 0 Å². The third kappa shape index (κ3) is 3.70. The highest BCUT2D eigenvalue weighted by Crippen LogP contribution is 2.41. The van der Waals surface area contributed by atoms with E-state index in [0.717, 1.165) is 30.4 Å². The van der Waals surface area contributed by atoms with Gasteiger partial charge in [-0.2, -0.15) is 0 Å². The van der Waals surface area contributed by atoms with Crippen molar-refractivity contribution in [1.29, 1.82) is 0 Å². The first-order valence-corrected chi connectivity index (χ1v) is 8.93. The van der Waals surface area contributed by atoms with Crippen LogP contribution in [-0.2, 0) is 10.3 Å². The van der Waals surface area contributed by atoms with E-state index >= 15 is 0 Å². The summed E-state index contributed by atoms with van der Waals surface area (Å²) in [6.45, 7) is 0. The Hall–Kier alpha value is -2.46. The molecule has 0 radical (unpaired) electrons. The Morgan fingerprint density at radius 1 is 1.15 bits per heavy atom. The molecule has 26 heavy (non-hydrogen) atoms. The van der Waals surface area contributed by atoms with E-state index in [-0.39, 0.29) is 11.4 Å². The fourth-order valence-corrected chi connectivity index (χ4v) is 3.55. The van der Waals surface area contributed by atoms with Gasteiger partial charge < -0.3 is 14.8 Å². The van der Waals surface area contributed by atoms with Crippen molar-refractivity contribution in [2.75, 3.05) is 14.2 Å². The van der Waals surface area contributed by atoms with Gasteiger partial charge in [0.05, 0.1) is 24.8 Å². The molecule has 0 bridgehead atoms. The number of nitrogens with one attached hydrogen (secondary N) is 1. The van der Waals surface area contributed by atoms with Gasteiger partial charge in [-0.05, 0) is 48.6 Å². The van der Waals surface area contributed by atoms with Gasteiger partial charge in [-0.3, -0.25) is 4.79 Å². The fraction of sp³-hybridized carbons (Fsp3) is 0.286. The maximum atomic E-state index is 12.5. The first-order chi connectivity index (χ1) is 12.6. The average Bonchev–Trinajstić information content (AvgIpc) is 2.63. The van der Waals surface area contributed by atoms with E-state index in [2.05, 4.69) is 17.4 Å². The Kier molecular flexibility index (Phi) is 5.52. The zero-order valence-electron chi connectivity index (χ0n) is 14.9. The molecular weight excluding hydrogens is 350 g/mol. The molecule has 1 aliphatic rings. The molecule has 1 amide bonds. The molecule has 1 aliphatic carbocycles. The van der Waals surface area contributed by atoms with Crippen molar-refractivity contribution < 1.29 is 14.3 Å². The molecule has 1 saturated carbocycles. The average molecular weight is 372 g/mol. The van der Waals surface area contributed by atoms with E-state index in [1.807, 2.05) is 18.2 Å². The number of ether oxygens (including phenoxy) is 2. The van der Waals surface area contributed by atoms with Gasteiger partial charge in [-0.15, -0.1) is 0 Å². The minimum absolute atomic E-state index is 0.125. The zero-order chi connectivity index (χ0) is 18.6. The fourth-order valence-electron chi connectivity index (χ4n) is 3.26. The van der Waals surface area contributed by atoms with Crippen molar-refractivity contribution in [1.82, 2.24) is 5.32 Å². The van der Waals surface area contributed by atoms with Crippen LogP contribution in [0.15, 0.2) is 48.5 Å². The number of benzene rings is 2. The van der Waals surface area contributed by atoms with Crippen molar-refractivity contribution >= 4 is 23.6 Å². The molecule has 0 heterocycles. The molecule has 1 fully saturated rings. The summed E-state index contributed by atoms with van der Waals surface area (Å²) >= 11 is 6.21. The SMILES string of the molecule is COc1cc(/C=C/C(=O)NC2(c3ccccc3)CCC2)cc(Cl)c1OC. The lowest BCUT2D eigenvalue weighted by Gasteiger charge is -2.42. The molecular formula is C21H22ClNO3. The van der Waals surface area contributed by atoms with Gasteiger partial charge in [-0.25, -0.2) is 0 Å². The van der Waals surface area contributed by atoms with E-state index in [1.54, 1.807) is 25.3 Å². The van der Waals surface area contributed by atoms with Crippen LogP contribution in [0.4, 0.5) is 0 Å². The number of hydrogen-bond donors (Lipinski definition) is 1. The van der Waals surface area contributed by atoms with E-state index in [0.29, 0.717) is 16.5 Å². The maximum Gasteiger partial charge on any atom is 0.244 e. The molecule has 0 atom stereocenters. The lowest BCUT2D eigenvalue weighted by molar-refractivity contribution is -0.119. The van der Waals surface area contributed by atoms with Crippen molar-refractivity contribution in [3.8, 4) is 11.5 Å². The summed E-state index contributed by atoms with van der Waals surface area (Å²) in [5.74, 6) is 0.882. The quantitative estimate of drug-likeness (QED) is 0.757. The summed E-state index contributed by atoms with van der Waals surface area (Å²) < 4.78 is 10.5. The summed E-state index contributed by atoms with van der Waals surface area (Å²) in [6.07, 6.45) is 6.28. The standard InChI is InChI=1S/C21H22ClNO3/c1-25-18-14-15(13-17(22)20(18)26-2)9-10-19(24)23-21(11-6-12-21)16-7-4-3-5-8-16/h3-5,7-10,13-14H,6,11-12H2,1-2H3,(H,23,24)/b10-9+. The van der Waals surface area contributed by atoms with Crippen LogP contribution in [0.3, 0.4) is 0 Å². The Morgan fingerprint density at radius 2 is 1.88 bits per heavy atom. The minimum Gasteiger partial charge on any atom is -0.493 e. The minimum atomic E-state index is -0.252. The normalized spacial score (nSPS) is 15.3. The van der Waals surface area contributed by atoms with Gasteiger partial charge in [0.15, 0.2) is 11.5 Å². The largest absolute Gasteiger partial charge is 0.493 e. The highest BCUT2D eigenvalue weighted by molar-refractivity contribution is 6.32. The molecule has 136 valence electrons. The molecule has 5 heteroatoms. The number of carbonyl (C=O) groups excluding carboxylic acids is 1. The van der Waals surface area contributed by atoms with Crippen LogP contribution in [-0.4, -0.2) is 20.1 Å². The van der Waals surface area contributed by atoms with Crippen LogP contribution in [0, 0.1) is 0 Å². The number of rotatable bonds is 6. The van der Waals surface area contributed by atoms with Crippen molar-refractivity contribution in [3.05, 3.63) is 64.7 Å². The van der Waals surface area contributed by atoms with Gasteiger partial charge in [0.1, 0.15) is 0 Å². The summed E-state index contributed by atoms with van der Waals surface area (Å²) in [7, 11) is 3.09. The first kappa shape index (κ1) is 18.3. The molecule has 0 saturated heterocycles. The Morgan fingerprint density at radius 3 is 2.46 bits per heavy atom. The van der Waals surface area contributed by atoms with E-state index in [4.69, 9.17) is 21.1 Å². The van der Waals surface area contributed by atoms with Crippen molar-refractivity contribution in [2.45, 2.75) is 24.8 Å². The summed E-state index contributed by atoms with van der Waals surface area (Å²) in [6, 6.07) is 13.6. The Balaban J connectivity index is 1.75. The monoisotopic (exact) mass is 371 g/mol. The molecule has 0 spiro atoms. The van der Waals surface area contributed by atoms with Gasteiger partial charge in [-0.1, -0.05) is 41.9 Å². The van der Waals surface area contributed by atoms with Gasteiger partial charge in [0.2, 0.25) is 5.91 Å². The Labute approximate surface area is 158 Å². The summed E-state index contributed by atoms with van der Waals surface area (Å²) in [4.78, 5) is 12.5. The lowest BCUT2D eigenvalue weighted by Crippen LogP contribution is -2.50. The molecule has 2 aromatic carbocycles. The second kappa shape index (κ2) is 7.83. The van der Waals surface area contributed by atoms with E-state index in [9.17, 15) is 4.79 Å². The molecule has 0 aromatic heterocycles. The Bertz CT molecular complexity index is 814. The predicted octanol–water partition coefficient (Wildman–Crippen LogP) is 4.57. The molecule has 1 N–H and O–H groups in total. The first-order valence-electron chi connectivity index (χ1n) is 8.55. The molecule has 4 nitrogen and oxygen atoms in total. The second-order valence-corrected chi connectivity index (χ2v) is 6.77. The highest BCUT2D eigenvalue weighted by atomic mass is 35.5. The molecule has 2 aromatic rings. The van der Waals surface area contributed by atoms with E-state index in [1.165, 1.54) is 13.2 Å². The third-order valence-corrected chi connectivity index (χ3v) is 5.06. The summed E-state index contributed by atoms with van der Waals surface area (Å²) in [5, 5.41) is 3.60. The number of amides is 1. The smallest absolute Gasteiger partial charge is 0.244 e. The predicted molar refractivity (Wildman–Crippen MR) is 104 cm³/mol. The third-order valence-electron chi connectivity index (χ3n) is 4.78. The van der Waals surface area contributed by atoms with Gasteiger partial charge in [0.25, 0.3) is 0 Å². The highest BCUT2D eigenvalue weighted by Gasteiger charge is 2.39. The molecule has 3 rings (SSSR count). The van der Waals surface area contributed by atoms with Crippen molar-refractivity contribution in [2.24, 2.45) is 0 Å². The van der Waals surface area contributed by atoms with Crippen LogP contribution < -0.4 is 14.8 Å². The number of methoxy groups -OCH3 is 2. The van der Waals surface area contributed by atoms with Crippen LogP contribution in [0.25, 0.3) is 6.08 Å². The zero-order valence-corrected chi connectivity index (χ0v) is 15.7. The van der Waals surface area contributed by atoms with Gasteiger partial charge in [0, 0.05) is 6.08 Å². The lowest BCUT2D eigenvalue weighted by atomic mass is 9.72. The maximum absolute atomic E-state index is 12.5. The van der Waals surface area contributed by atoms with E-state index < -0.39 is 0 Å². The summed E-state index contributed by atoms with van der Waals surface area (Å²) in [5.41, 5.74) is 1.67.